The van der Waals surface area contributed by atoms with Crippen LogP contribution in [0.2, 0.25) is 0 Å². The molecule has 0 unspecified atom stereocenters. The van der Waals surface area contributed by atoms with Crippen LogP contribution in [0.5, 0.6) is 5.88 Å². The number of ether oxygens (including phenoxy) is 1. The summed E-state index contributed by atoms with van der Waals surface area (Å²) in [6.45, 7) is 5.42. The van der Waals surface area contributed by atoms with Crippen LogP contribution in [0.25, 0.3) is 0 Å². The smallest absolute Gasteiger partial charge is 0.232 e. The molecule has 1 rings (SSSR count). The van der Waals surface area contributed by atoms with Crippen LogP contribution in [0.4, 0.5) is 0 Å². The normalized spacial score (nSPS) is 10.8. The van der Waals surface area contributed by atoms with E-state index < -0.39 is 0 Å². The van der Waals surface area contributed by atoms with Crippen molar-refractivity contribution in [3.05, 3.63) is 18.1 Å². The van der Waals surface area contributed by atoms with Gasteiger partial charge in [0.1, 0.15) is 0 Å². The highest BCUT2D eigenvalue weighted by Crippen LogP contribution is 2.05. The Bertz CT molecular complexity index is 317. The number of nitrogens with one attached hydrogen (secondary N) is 1. The highest BCUT2D eigenvalue weighted by Gasteiger charge is 1.99. The fourth-order valence-corrected chi connectivity index (χ4v) is 1.35. The molecule has 0 aromatic carbocycles. The summed E-state index contributed by atoms with van der Waals surface area (Å²) in [6.07, 6.45) is 4.41. The molecule has 0 spiro atoms. The van der Waals surface area contributed by atoms with Crippen LogP contribution < -0.4 is 10.1 Å². The average Bonchev–Trinajstić information content (AvgIpc) is 2.32. The van der Waals surface area contributed by atoms with Crippen molar-refractivity contribution in [1.29, 1.82) is 0 Å². The molecule has 0 saturated heterocycles. The third kappa shape index (κ3) is 6.19. The van der Waals surface area contributed by atoms with E-state index in [-0.39, 0.29) is 0 Å². The van der Waals surface area contributed by atoms with Crippen LogP contribution in [-0.2, 0) is 6.54 Å². The van der Waals surface area contributed by atoms with Crippen molar-refractivity contribution in [2.24, 2.45) is 0 Å². The molecular formula is C12H22N4O. The molecule has 0 atom stereocenters. The molecule has 0 aliphatic rings. The first-order valence-corrected chi connectivity index (χ1v) is 6.01. The van der Waals surface area contributed by atoms with Gasteiger partial charge < -0.3 is 15.0 Å². The van der Waals surface area contributed by atoms with E-state index in [9.17, 15) is 0 Å². The summed E-state index contributed by atoms with van der Waals surface area (Å²) in [5.41, 5.74) is 0.914. The molecule has 0 bridgehead atoms. The molecule has 96 valence electrons. The predicted molar refractivity (Wildman–Crippen MR) is 68.1 cm³/mol. The molecule has 0 saturated carbocycles. The second kappa shape index (κ2) is 7.97. The minimum absolute atomic E-state index is 0.610. The molecular weight excluding hydrogens is 216 g/mol. The number of rotatable bonds is 8. The van der Waals surface area contributed by atoms with E-state index in [2.05, 4.69) is 41.2 Å². The maximum Gasteiger partial charge on any atom is 0.232 e. The van der Waals surface area contributed by atoms with Crippen LogP contribution in [0, 0.1) is 0 Å². The van der Waals surface area contributed by atoms with Gasteiger partial charge in [-0.3, -0.25) is 4.98 Å². The molecule has 5 heteroatoms. The van der Waals surface area contributed by atoms with Crippen LogP contribution >= 0.6 is 0 Å². The van der Waals surface area contributed by atoms with Gasteiger partial charge in [-0.1, -0.05) is 6.92 Å². The van der Waals surface area contributed by atoms with Gasteiger partial charge in [-0.25, -0.2) is 4.98 Å². The zero-order chi connectivity index (χ0) is 12.5. The van der Waals surface area contributed by atoms with E-state index in [1.165, 1.54) is 0 Å². The molecule has 1 N–H and O–H groups in total. The Morgan fingerprint density at radius 1 is 1.35 bits per heavy atom. The first-order valence-electron chi connectivity index (χ1n) is 6.01. The van der Waals surface area contributed by atoms with Gasteiger partial charge in [0.05, 0.1) is 18.5 Å². The van der Waals surface area contributed by atoms with Crippen molar-refractivity contribution in [3.63, 3.8) is 0 Å². The van der Waals surface area contributed by atoms with E-state index in [4.69, 9.17) is 4.74 Å². The monoisotopic (exact) mass is 238 g/mol. The number of hydrogen-bond donors (Lipinski definition) is 1. The molecule has 0 aliphatic carbocycles. The van der Waals surface area contributed by atoms with Gasteiger partial charge in [-0.15, -0.1) is 0 Å². The molecule has 0 fully saturated rings. The lowest BCUT2D eigenvalue weighted by Crippen LogP contribution is -2.16. The first-order chi connectivity index (χ1) is 8.22. The lowest BCUT2D eigenvalue weighted by atomic mass is 10.4. The van der Waals surface area contributed by atoms with E-state index in [0.29, 0.717) is 12.5 Å². The van der Waals surface area contributed by atoms with Gasteiger partial charge in [-0.05, 0) is 27.1 Å². The van der Waals surface area contributed by atoms with Crippen LogP contribution in [-0.4, -0.2) is 48.7 Å². The highest BCUT2D eigenvalue weighted by atomic mass is 16.5. The standard InChI is InChI=1S/C12H22N4O/c1-4-13-8-11-9-14-10-12(15-11)17-7-5-6-16(2)3/h9-10,13H,4-8H2,1-3H3. The zero-order valence-electron chi connectivity index (χ0n) is 10.9. The Morgan fingerprint density at radius 2 is 2.18 bits per heavy atom. The zero-order valence-corrected chi connectivity index (χ0v) is 10.9. The minimum Gasteiger partial charge on any atom is -0.477 e. The van der Waals surface area contributed by atoms with Crippen molar-refractivity contribution in [3.8, 4) is 5.88 Å². The van der Waals surface area contributed by atoms with Gasteiger partial charge in [0.15, 0.2) is 0 Å². The summed E-state index contributed by atoms with van der Waals surface area (Å²) in [5, 5.41) is 3.21. The number of hydrogen-bond acceptors (Lipinski definition) is 5. The Labute approximate surface area is 103 Å². The maximum atomic E-state index is 5.55. The van der Waals surface area contributed by atoms with Gasteiger partial charge in [0.25, 0.3) is 0 Å². The van der Waals surface area contributed by atoms with Crippen LogP contribution in [0.15, 0.2) is 12.4 Å². The largest absolute Gasteiger partial charge is 0.477 e. The molecule has 0 amide bonds. The second-order valence-electron chi connectivity index (χ2n) is 4.13. The van der Waals surface area contributed by atoms with Crippen molar-refractivity contribution < 1.29 is 4.74 Å². The summed E-state index contributed by atoms with van der Waals surface area (Å²) in [5.74, 6) is 0.610. The third-order valence-corrected chi connectivity index (χ3v) is 2.22. The summed E-state index contributed by atoms with van der Waals surface area (Å²) >= 11 is 0. The summed E-state index contributed by atoms with van der Waals surface area (Å²) in [7, 11) is 4.10. The SMILES string of the molecule is CCNCc1cncc(OCCCN(C)C)n1. The third-order valence-electron chi connectivity index (χ3n) is 2.22. The maximum absolute atomic E-state index is 5.55. The second-order valence-corrected chi connectivity index (χ2v) is 4.13. The molecule has 1 aromatic rings. The van der Waals surface area contributed by atoms with E-state index in [1.807, 2.05) is 0 Å². The number of aromatic nitrogens is 2. The predicted octanol–water partition coefficient (Wildman–Crippen LogP) is 0.917. The Balaban J connectivity index is 2.32. The molecule has 17 heavy (non-hydrogen) atoms. The molecule has 1 heterocycles. The average molecular weight is 238 g/mol. The van der Waals surface area contributed by atoms with Crippen molar-refractivity contribution in [2.75, 3.05) is 33.8 Å². The fourth-order valence-electron chi connectivity index (χ4n) is 1.35. The van der Waals surface area contributed by atoms with Crippen LogP contribution in [0.3, 0.4) is 0 Å². The molecule has 1 aromatic heterocycles. The first kappa shape index (κ1) is 13.9. The molecule has 5 nitrogen and oxygen atoms in total. The quantitative estimate of drug-likeness (QED) is 0.682. The Hall–Kier alpha value is -1.20. The van der Waals surface area contributed by atoms with Gasteiger partial charge in [0, 0.05) is 19.3 Å². The summed E-state index contributed by atoms with van der Waals surface area (Å²) in [4.78, 5) is 10.6. The lowest BCUT2D eigenvalue weighted by molar-refractivity contribution is 0.271. The van der Waals surface area contributed by atoms with Crippen molar-refractivity contribution >= 4 is 0 Å². The van der Waals surface area contributed by atoms with Crippen molar-refractivity contribution in [2.45, 2.75) is 19.9 Å². The lowest BCUT2D eigenvalue weighted by Gasteiger charge is -2.10. The fraction of sp³-hybridized carbons (Fsp3) is 0.667. The van der Waals surface area contributed by atoms with E-state index in [1.54, 1.807) is 12.4 Å². The van der Waals surface area contributed by atoms with Gasteiger partial charge in [0.2, 0.25) is 5.88 Å². The molecule has 0 aliphatic heterocycles. The van der Waals surface area contributed by atoms with Gasteiger partial charge in [-0.2, -0.15) is 0 Å². The van der Waals surface area contributed by atoms with Crippen LogP contribution in [0.1, 0.15) is 19.0 Å². The Morgan fingerprint density at radius 3 is 2.88 bits per heavy atom. The Kier molecular flexibility index (Phi) is 6.50. The van der Waals surface area contributed by atoms with Gasteiger partial charge >= 0.3 is 0 Å². The summed E-state index contributed by atoms with van der Waals surface area (Å²) in [6, 6.07) is 0. The summed E-state index contributed by atoms with van der Waals surface area (Å²) < 4.78 is 5.55. The van der Waals surface area contributed by atoms with E-state index >= 15 is 0 Å². The highest BCUT2D eigenvalue weighted by molar-refractivity contribution is 5.08. The van der Waals surface area contributed by atoms with E-state index in [0.717, 1.165) is 31.7 Å². The van der Waals surface area contributed by atoms with Crippen molar-refractivity contribution in [1.82, 2.24) is 20.2 Å². The number of nitrogens with zero attached hydrogens (tertiary/aromatic N) is 3. The molecule has 0 radical (unpaired) electrons. The topological polar surface area (TPSA) is 50.3 Å². The minimum atomic E-state index is 0.610.